The Balaban J connectivity index is 1.73. The predicted octanol–water partition coefficient (Wildman–Crippen LogP) is 2.46. The highest BCUT2D eigenvalue weighted by atomic mass is 35.5. The SMILES string of the molecule is COc1cccc(-c2nnc(NS(=O)(=O)[C@@H](C)[C@H](C)c3ncc(Cl)cn3)n2[C@H](C)c2ncn(C)n2)n1. The van der Waals surface area contributed by atoms with Crippen molar-refractivity contribution in [1.29, 1.82) is 0 Å². The fraction of sp³-hybridized carbons (Fsp3) is 0.381. The van der Waals surface area contributed by atoms with E-state index in [0.29, 0.717) is 34.1 Å². The molecule has 0 saturated heterocycles. The minimum Gasteiger partial charge on any atom is -0.481 e. The van der Waals surface area contributed by atoms with Gasteiger partial charge in [0.2, 0.25) is 21.9 Å². The molecule has 0 aliphatic rings. The molecule has 190 valence electrons. The third kappa shape index (κ3) is 5.14. The molecule has 1 N–H and O–H groups in total. The molecule has 0 aliphatic heterocycles. The Hall–Kier alpha value is -3.65. The molecule has 15 heteroatoms. The number of methoxy groups -OCH3 is 1. The first kappa shape index (κ1) is 25.4. The van der Waals surface area contributed by atoms with Crippen molar-refractivity contribution in [2.24, 2.45) is 7.05 Å². The summed E-state index contributed by atoms with van der Waals surface area (Å²) in [6.07, 6.45) is 4.41. The van der Waals surface area contributed by atoms with Crippen molar-refractivity contribution < 1.29 is 13.2 Å². The molecule has 0 spiro atoms. The number of aromatic nitrogens is 9. The van der Waals surface area contributed by atoms with E-state index in [9.17, 15) is 8.42 Å². The van der Waals surface area contributed by atoms with Gasteiger partial charge in [-0.3, -0.25) is 14.0 Å². The van der Waals surface area contributed by atoms with Crippen LogP contribution < -0.4 is 9.46 Å². The fourth-order valence-electron chi connectivity index (χ4n) is 3.47. The van der Waals surface area contributed by atoms with Crippen LogP contribution in [0.1, 0.15) is 44.4 Å². The molecule has 13 nitrogen and oxygen atoms in total. The number of rotatable bonds is 9. The Kier molecular flexibility index (Phi) is 7.17. The topological polar surface area (TPSA) is 155 Å². The van der Waals surface area contributed by atoms with Crippen LogP contribution in [0, 0.1) is 0 Å². The zero-order valence-corrected chi connectivity index (χ0v) is 21.8. The van der Waals surface area contributed by atoms with Crippen molar-refractivity contribution in [3.05, 3.63) is 53.6 Å². The first-order valence-corrected chi connectivity index (χ1v) is 12.8. The van der Waals surface area contributed by atoms with Crippen molar-refractivity contribution in [3.63, 3.8) is 0 Å². The van der Waals surface area contributed by atoms with E-state index >= 15 is 0 Å². The molecular formula is C21H25ClN10O3S. The Bertz CT molecular complexity index is 1450. The lowest BCUT2D eigenvalue weighted by atomic mass is 10.1. The van der Waals surface area contributed by atoms with Crippen LogP contribution in [-0.4, -0.2) is 65.3 Å². The highest BCUT2D eigenvalue weighted by molar-refractivity contribution is 7.93. The van der Waals surface area contributed by atoms with Crippen LogP contribution in [0.4, 0.5) is 5.95 Å². The summed E-state index contributed by atoms with van der Waals surface area (Å²) in [6.45, 7) is 5.11. The lowest BCUT2D eigenvalue weighted by Crippen LogP contribution is -2.32. The average Bonchev–Trinajstić information content (AvgIpc) is 3.49. The van der Waals surface area contributed by atoms with E-state index in [1.165, 1.54) is 19.5 Å². The number of aryl methyl sites for hydroxylation is 1. The van der Waals surface area contributed by atoms with Crippen molar-refractivity contribution in [2.75, 3.05) is 11.8 Å². The van der Waals surface area contributed by atoms with Gasteiger partial charge < -0.3 is 4.74 Å². The number of nitrogens with zero attached hydrogens (tertiary/aromatic N) is 9. The Morgan fingerprint density at radius 3 is 2.42 bits per heavy atom. The molecule has 36 heavy (non-hydrogen) atoms. The van der Waals surface area contributed by atoms with Crippen molar-refractivity contribution in [1.82, 2.24) is 44.5 Å². The Morgan fingerprint density at radius 1 is 1.06 bits per heavy atom. The highest BCUT2D eigenvalue weighted by Gasteiger charge is 2.32. The number of halogens is 1. The van der Waals surface area contributed by atoms with Crippen LogP contribution in [0.2, 0.25) is 5.02 Å². The number of sulfonamides is 1. The van der Waals surface area contributed by atoms with Crippen molar-refractivity contribution >= 4 is 27.6 Å². The Morgan fingerprint density at radius 2 is 1.78 bits per heavy atom. The summed E-state index contributed by atoms with van der Waals surface area (Å²) in [7, 11) is -0.718. The van der Waals surface area contributed by atoms with Gasteiger partial charge in [0.05, 0.1) is 23.4 Å². The number of pyridine rings is 1. The van der Waals surface area contributed by atoms with E-state index in [4.69, 9.17) is 16.3 Å². The summed E-state index contributed by atoms with van der Waals surface area (Å²) in [6, 6.07) is 4.64. The molecule has 4 aromatic rings. The number of hydrogen-bond donors (Lipinski definition) is 1. The second-order valence-corrected chi connectivity index (χ2v) is 10.6. The predicted molar refractivity (Wildman–Crippen MR) is 132 cm³/mol. The Labute approximate surface area is 213 Å². The van der Waals surface area contributed by atoms with Gasteiger partial charge in [-0.1, -0.05) is 24.6 Å². The largest absolute Gasteiger partial charge is 0.481 e. The zero-order valence-electron chi connectivity index (χ0n) is 20.2. The first-order chi connectivity index (χ1) is 17.1. The van der Waals surface area contributed by atoms with E-state index in [0.717, 1.165) is 0 Å². The van der Waals surface area contributed by atoms with Gasteiger partial charge in [0.25, 0.3) is 0 Å². The van der Waals surface area contributed by atoms with E-state index < -0.39 is 27.2 Å². The first-order valence-electron chi connectivity index (χ1n) is 10.9. The van der Waals surface area contributed by atoms with Gasteiger partial charge in [-0.05, 0) is 19.9 Å². The van der Waals surface area contributed by atoms with Crippen LogP contribution in [0.5, 0.6) is 5.88 Å². The molecule has 0 bridgehead atoms. The lowest BCUT2D eigenvalue weighted by Gasteiger charge is -2.21. The fourth-order valence-corrected chi connectivity index (χ4v) is 4.81. The molecule has 0 amide bonds. The lowest BCUT2D eigenvalue weighted by molar-refractivity contribution is 0.398. The summed E-state index contributed by atoms with van der Waals surface area (Å²) < 4.78 is 37.8. The summed E-state index contributed by atoms with van der Waals surface area (Å²) in [5, 5.41) is 12.2. The van der Waals surface area contributed by atoms with Crippen LogP contribution in [0.15, 0.2) is 36.9 Å². The van der Waals surface area contributed by atoms with Crippen LogP contribution >= 0.6 is 11.6 Å². The van der Waals surface area contributed by atoms with Crippen LogP contribution in [0.3, 0.4) is 0 Å². The minimum atomic E-state index is -3.96. The van der Waals surface area contributed by atoms with Gasteiger partial charge >= 0.3 is 0 Å². The molecule has 0 aromatic carbocycles. The molecule has 4 rings (SSSR count). The van der Waals surface area contributed by atoms with Crippen molar-refractivity contribution in [2.45, 2.75) is 38.0 Å². The molecule has 4 aromatic heterocycles. The number of anilines is 1. The molecule has 0 unspecified atom stereocenters. The molecular weight excluding hydrogens is 508 g/mol. The van der Waals surface area contributed by atoms with E-state index in [1.807, 2.05) is 6.92 Å². The van der Waals surface area contributed by atoms with E-state index in [-0.39, 0.29) is 5.95 Å². The molecule has 0 aliphatic carbocycles. The average molecular weight is 533 g/mol. The number of nitrogens with one attached hydrogen (secondary N) is 1. The normalized spacial score (nSPS) is 14.3. The molecule has 4 heterocycles. The van der Waals surface area contributed by atoms with Gasteiger partial charge in [0, 0.05) is 31.4 Å². The second-order valence-electron chi connectivity index (χ2n) is 8.14. The summed E-state index contributed by atoms with van der Waals surface area (Å²) in [5.74, 6) is 0.937. The van der Waals surface area contributed by atoms with Gasteiger partial charge in [0.1, 0.15) is 17.8 Å². The smallest absolute Gasteiger partial charge is 0.239 e. The zero-order chi connectivity index (χ0) is 26.0. The second kappa shape index (κ2) is 10.1. The van der Waals surface area contributed by atoms with Gasteiger partial charge in [-0.15, -0.1) is 10.2 Å². The van der Waals surface area contributed by atoms with Gasteiger partial charge in [0.15, 0.2) is 11.6 Å². The van der Waals surface area contributed by atoms with Gasteiger partial charge in [-0.25, -0.2) is 28.4 Å². The monoisotopic (exact) mass is 532 g/mol. The standard InChI is InChI=1S/C21H25ClN10O3S/c1-12(18-23-9-15(22)10-24-18)14(3)36(33,34)30-21-28-27-20(16-7-6-8-17(26-16)35-5)32(21)13(2)19-25-11-31(4)29-19/h6-14H,1-5H3,(H,28,30)/t12-,13+,14-/m0/s1. The molecule has 0 radical (unpaired) electrons. The highest BCUT2D eigenvalue weighted by Crippen LogP contribution is 2.30. The summed E-state index contributed by atoms with van der Waals surface area (Å²) in [4.78, 5) is 17.1. The molecule has 0 fully saturated rings. The maximum atomic E-state index is 13.4. The number of hydrogen-bond acceptors (Lipinski definition) is 10. The molecule has 0 saturated carbocycles. The number of ether oxygens (including phenoxy) is 1. The minimum absolute atomic E-state index is 0.00866. The van der Waals surface area contributed by atoms with Crippen LogP contribution in [-0.2, 0) is 17.1 Å². The van der Waals surface area contributed by atoms with Gasteiger partial charge in [-0.2, -0.15) is 5.10 Å². The van der Waals surface area contributed by atoms with Crippen molar-refractivity contribution in [3.8, 4) is 17.4 Å². The summed E-state index contributed by atoms with van der Waals surface area (Å²) >= 11 is 5.87. The maximum absolute atomic E-state index is 13.4. The quantitative estimate of drug-likeness (QED) is 0.339. The summed E-state index contributed by atoms with van der Waals surface area (Å²) in [5.41, 5.74) is 0.436. The maximum Gasteiger partial charge on any atom is 0.239 e. The third-order valence-electron chi connectivity index (χ3n) is 5.71. The van der Waals surface area contributed by atoms with Crippen LogP contribution in [0.25, 0.3) is 11.5 Å². The third-order valence-corrected chi connectivity index (χ3v) is 7.76. The van der Waals surface area contributed by atoms with E-state index in [2.05, 4.69) is 40.0 Å². The van der Waals surface area contributed by atoms with E-state index in [1.54, 1.807) is 54.7 Å². The molecule has 3 atom stereocenters.